The summed E-state index contributed by atoms with van der Waals surface area (Å²) < 4.78 is 11.2. The zero-order valence-corrected chi connectivity index (χ0v) is 12.3. The standard InChI is InChI=1S/C12H20N3O5P/c13-11(12(16)17)6-10(8-21(18,19)20)15(14)7-9-4-2-1-3-5-9/h1-5,10-11H,6-8,13-14H2,(H,16,17)(H2,18,19,20). The summed E-state index contributed by atoms with van der Waals surface area (Å²) in [6.45, 7) is 0.234. The molecule has 2 unspecified atom stereocenters. The van der Waals surface area contributed by atoms with Crippen LogP contribution in [0.2, 0.25) is 0 Å². The minimum Gasteiger partial charge on any atom is -0.480 e. The van der Waals surface area contributed by atoms with Crippen LogP contribution in [0.1, 0.15) is 12.0 Å². The average Bonchev–Trinajstić information content (AvgIpc) is 2.37. The van der Waals surface area contributed by atoms with Crippen molar-refractivity contribution in [3.63, 3.8) is 0 Å². The van der Waals surface area contributed by atoms with Crippen LogP contribution < -0.4 is 11.6 Å². The molecule has 0 saturated carbocycles. The Hall–Kier alpha value is -1.28. The third kappa shape index (κ3) is 6.81. The number of rotatable bonds is 8. The molecule has 9 heteroatoms. The lowest BCUT2D eigenvalue weighted by Gasteiger charge is -2.29. The molecular weight excluding hydrogens is 297 g/mol. The van der Waals surface area contributed by atoms with Crippen molar-refractivity contribution in [2.24, 2.45) is 11.6 Å². The summed E-state index contributed by atoms with van der Waals surface area (Å²) in [5.74, 6) is 4.61. The third-order valence-electron chi connectivity index (χ3n) is 2.97. The molecular formula is C12H20N3O5P. The van der Waals surface area contributed by atoms with Gasteiger partial charge in [-0.05, 0) is 12.0 Å². The number of aliphatic carboxylic acids is 1. The zero-order chi connectivity index (χ0) is 16.0. The molecule has 0 aliphatic carbocycles. The summed E-state index contributed by atoms with van der Waals surface area (Å²) in [7, 11) is -4.34. The predicted octanol–water partition coefficient (Wildman–Crippen LogP) is -0.289. The molecule has 1 aromatic carbocycles. The normalized spacial score (nSPS) is 14.9. The van der Waals surface area contributed by atoms with Gasteiger partial charge in [0.15, 0.2) is 0 Å². The summed E-state index contributed by atoms with van der Waals surface area (Å²) in [6, 6.07) is 7.00. The van der Waals surface area contributed by atoms with Gasteiger partial charge in [0, 0.05) is 12.6 Å². The second-order valence-electron chi connectivity index (χ2n) is 4.84. The van der Waals surface area contributed by atoms with Crippen molar-refractivity contribution in [3.8, 4) is 0 Å². The lowest BCUT2D eigenvalue weighted by atomic mass is 10.1. The lowest BCUT2D eigenvalue weighted by molar-refractivity contribution is -0.139. The molecule has 21 heavy (non-hydrogen) atoms. The number of hydrogen-bond acceptors (Lipinski definition) is 5. The van der Waals surface area contributed by atoms with Gasteiger partial charge in [-0.25, -0.2) is 5.01 Å². The SMILES string of the molecule is NC(CC(CP(=O)(O)O)N(N)Cc1ccccc1)C(=O)O. The van der Waals surface area contributed by atoms with E-state index >= 15 is 0 Å². The molecule has 0 aliphatic heterocycles. The minimum atomic E-state index is -4.34. The molecule has 1 aromatic rings. The van der Waals surface area contributed by atoms with Crippen LogP contribution in [0.5, 0.6) is 0 Å². The van der Waals surface area contributed by atoms with Gasteiger partial charge in [-0.1, -0.05) is 30.3 Å². The zero-order valence-electron chi connectivity index (χ0n) is 11.4. The maximum absolute atomic E-state index is 11.2. The number of nitrogens with zero attached hydrogens (tertiary/aromatic N) is 1. The fraction of sp³-hybridized carbons (Fsp3) is 0.417. The second kappa shape index (κ2) is 7.65. The molecule has 0 aliphatic rings. The Balaban J connectivity index is 2.79. The highest BCUT2D eigenvalue weighted by atomic mass is 31.2. The molecule has 118 valence electrons. The molecule has 0 aromatic heterocycles. The summed E-state index contributed by atoms with van der Waals surface area (Å²) in [5, 5.41) is 10.0. The molecule has 0 fully saturated rings. The first-order valence-electron chi connectivity index (χ1n) is 6.27. The molecule has 0 spiro atoms. The second-order valence-corrected chi connectivity index (χ2v) is 6.53. The number of nitrogens with two attached hydrogens (primary N) is 2. The van der Waals surface area contributed by atoms with Crippen molar-refractivity contribution in [2.45, 2.75) is 25.0 Å². The topological polar surface area (TPSA) is 150 Å². The van der Waals surface area contributed by atoms with Crippen LogP contribution in [0.25, 0.3) is 0 Å². The van der Waals surface area contributed by atoms with Crippen molar-refractivity contribution >= 4 is 13.6 Å². The minimum absolute atomic E-state index is 0.149. The summed E-state index contributed by atoms with van der Waals surface area (Å²) in [4.78, 5) is 29.0. The first kappa shape index (κ1) is 17.8. The third-order valence-corrected chi connectivity index (χ3v) is 3.87. The van der Waals surface area contributed by atoms with Crippen molar-refractivity contribution < 1.29 is 24.3 Å². The maximum Gasteiger partial charge on any atom is 0.327 e. The van der Waals surface area contributed by atoms with E-state index in [9.17, 15) is 9.36 Å². The Morgan fingerprint density at radius 1 is 1.29 bits per heavy atom. The van der Waals surface area contributed by atoms with Crippen molar-refractivity contribution in [1.82, 2.24) is 5.01 Å². The number of hydrogen-bond donors (Lipinski definition) is 5. The predicted molar refractivity (Wildman–Crippen MR) is 77.1 cm³/mol. The van der Waals surface area contributed by atoms with Gasteiger partial charge in [0.1, 0.15) is 6.04 Å². The lowest BCUT2D eigenvalue weighted by Crippen LogP contribution is -2.47. The van der Waals surface area contributed by atoms with Crippen LogP contribution in [0, 0.1) is 0 Å². The highest BCUT2D eigenvalue weighted by molar-refractivity contribution is 7.51. The maximum atomic E-state index is 11.2. The molecule has 0 saturated heterocycles. The van der Waals surface area contributed by atoms with E-state index in [2.05, 4.69) is 0 Å². The average molecular weight is 317 g/mol. The highest BCUT2D eigenvalue weighted by Gasteiger charge is 2.29. The smallest absolute Gasteiger partial charge is 0.327 e. The largest absolute Gasteiger partial charge is 0.480 e. The summed E-state index contributed by atoms with van der Waals surface area (Å²) in [6.07, 6.45) is -0.693. The van der Waals surface area contributed by atoms with Gasteiger partial charge < -0.3 is 20.6 Å². The molecule has 0 heterocycles. The molecule has 2 atom stereocenters. The van der Waals surface area contributed by atoms with Crippen molar-refractivity contribution in [1.29, 1.82) is 0 Å². The van der Waals surface area contributed by atoms with Gasteiger partial charge in [-0.2, -0.15) is 0 Å². The first-order chi connectivity index (χ1) is 9.69. The number of carboxylic acid groups (broad SMARTS) is 1. The molecule has 0 radical (unpaired) electrons. The van der Waals surface area contributed by atoms with Gasteiger partial charge >= 0.3 is 13.6 Å². The number of carboxylic acids is 1. The first-order valence-corrected chi connectivity index (χ1v) is 8.07. The Morgan fingerprint density at radius 2 is 1.86 bits per heavy atom. The molecule has 7 N–H and O–H groups in total. The number of carbonyl (C=O) groups is 1. The summed E-state index contributed by atoms with van der Waals surface area (Å²) in [5.41, 5.74) is 6.28. The quantitative estimate of drug-likeness (QED) is 0.249. The molecule has 0 amide bonds. The van der Waals surface area contributed by atoms with Crippen LogP contribution in [-0.4, -0.2) is 44.1 Å². The monoisotopic (exact) mass is 317 g/mol. The fourth-order valence-electron chi connectivity index (χ4n) is 1.91. The number of hydrazine groups is 1. The van der Waals surface area contributed by atoms with E-state index in [0.29, 0.717) is 0 Å². The van der Waals surface area contributed by atoms with Crippen molar-refractivity contribution in [3.05, 3.63) is 35.9 Å². The Labute approximate surface area is 122 Å². The van der Waals surface area contributed by atoms with Gasteiger partial charge in [0.05, 0.1) is 6.16 Å². The van der Waals surface area contributed by atoms with Crippen LogP contribution in [0.4, 0.5) is 0 Å². The van der Waals surface area contributed by atoms with E-state index in [1.165, 1.54) is 5.01 Å². The van der Waals surface area contributed by atoms with Crippen LogP contribution >= 0.6 is 7.60 Å². The van der Waals surface area contributed by atoms with E-state index in [1.54, 1.807) is 0 Å². The van der Waals surface area contributed by atoms with E-state index in [4.69, 9.17) is 26.5 Å². The molecule has 8 nitrogen and oxygen atoms in total. The van der Waals surface area contributed by atoms with Gasteiger partial charge in [0.2, 0.25) is 0 Å². The van der Waals surface area contributed by atoms with E-state index in [1.807, 2.05) is 30.3 Å². The Bertz CT molecular complexity index is 507. The Morgan fingerprint density at radius 3 is 2.33 bits per heavy atom. The van der Waals surface area contributed by atoms with Crippen LogP contribution in [0.15, 0.2) is 30.3 Å². The molecule has 1 rings (SSSR count). The van der Waals surface area contributed by atoms with Crippen LogP contribution in [0.3, 0.4) is 0 Å². The highest BCUT2D eigenvalue weighted by Crippen LogP contribution is 2.36. The van der Waals surface area contributed by atoms with Crippen molar-refractivity contribution in [2.75, 3.05) is 6.16 Å². The Kier molecular flexibility index (Phi) is 6.47. The van der Waals surface area contributed by atoms with E-state index in [0.717, 1.165) is 5.56 Å². The summed E-state index contributed by atoms with van der Waals surface area (Å²) >= 11 is 0. The number of benzene rings is 1. The van der Waals surface area contributed by atoms with Crippen LogP contribution in [-0.2, 0) is 15.9 Å². The van der Waals surface area contributed by atoms with Gasteiger partial charge in [-0.15, -0.1) is 0 Å². The fourth-order valence-corrected chi connectivity index (χ4v) is 2.81. The van der Waals surface area contributed by atoms with Gasteiger partial charge in [0.25, 0.3) is 0 Å². The van der Waals surface area contributed by atoms with Gasteiger partial charge in [-0.3, -0.25) is 15.2 Å². The van der Waals surface area contributed by atoms with E-state index < -0.39 is 31.8 Å². The molecule has 0 bridgehead atoms. The van der Waals surface area contributed by atoms with E-state index in [-0.39, 0.29) is 13.0 Å².